The summed E-state index contributed by atoms with van der Waals surface area (Å²) in [5.41, 5.74) is 5.74. The van der Waals surface area contributed by atoms with E-state index in [1.807, 2.05) is 62.1 Å². The Kier molecular flexibility index (Phi) is 6.36. The Bertz CT molecular complexity index is 1430. The van der Waals surface area contributed by atoms with Crippen LogP contribution in [0.3, 0.4) is 0 Å². The Morgan fingerprint density at radius 1 is 1.00 bits per heavy atom. The summed E-state index contributed by atoms with van der Waals surface area (Å²) < 4.78 is 1.38. The fourth-order valence-electron chi connectivity index (χ4n) is 4.45. The molecule has 180 valence electrons. The average Bonchev–Trinajstić information content (AvgIpc) is 3.24. The van der Waals surface area contributed by atoms with Gasteiger partial charge >= 0.3 is 6.03 Å². The van der Waals surface area contributed by atoms with Crippen molar-refractivity contribution in [2.75, 3.05) is 31.5 Å². The van der Waals surface area contributed by atoms with E-state index in [9.17, 15) is 9.59 Å². The van der Waals surface area contributed by atoms with E-state index in [-0.39, 0.29) is 11.6 Å². The van der Waals surface area contributed by atoms with Crippen molar-refractivity contribution in [1.29, 1.82) is 0 Å². The number of fused-ring (bicyclic) bond motifs is 1. The zero-order valence-electron chi connectivity index (χ0n) is 20.1. The van der Waals surface area contributed by atoms with E-state index in [1.54, 1.807) is 6.07 Å². The van der Waals surface area contributed by atoms with Gasteiger partial charge in [-0.2, -0.15) is 9.61 Å². The number of anilines is 1. The highest BCUT2D eigenvalue weighted by molar-refractivity contribution is 7.19. The molecule has 2 amide bonds. The minimum Gasteiger partial charge on any atom is -0.322 e. The summed E-state index contributed by atoms with van der Waals surface area (Å²) in [7, 11) is 0. The second-order valence-corrected chi connectivity index (χ2v) is 10.0. The third-order valence-electron chi connectivity index (χ3n) is 6.19. The molecule has 5 rings (SSSR count). The highest BCUT2D eigenvalue weighted by Crippen LogP contribution is 2.27. The maximum Gasteiger partial charge on any atom is 0.321 e. The highest BCUT2D eigenvalue weighted by Gasteiger charge is 2.22. The summed E-state index contributed by atoms with van der Waals surface area (Å²) in [5.74, 6) is 0. The largest absolute Gasteiger partial charge is 0.322 e. The van der Waals surface area contributed by atoms with Crippen LogP contribution in [0.2, 0.25) is 0 Å². The minimum absolute atomic E-state index is 0.0826. The molecule has 0 spiro atoms. The standard InChI is InChI=1S/C26H28N6O2S/c1-17-12-18(2)14-20(13-17)27-25(34)31-10-8-30(9-11-31)16-21-15-23(33)32-26(28-21)35-24(29-32)22-7-5-4-6-19(22)3/h4-7,12-15H,8-11,16H2,1-3H3,(H,27,34). The molecular weight excluding hydrogens is 460 g/mol. The van der Waals surface area contributed by atoms with Gasteiger partial charge in [-0.15, -0.1) is 0 Å². The molecule has 0 radical (unpaired) electrons. The summed E-state index contributed by atoms with van der Waals surface area (Å²) in [5, 5.41) is 8.30. The number of aryl methyl sites for hydroxylation is 3. The molecule has 0 bridgehead atoms. The SMILES string of the molecule is Cc1cc(C)cc(NC(=O)N2CCN(Cc3cc(=O)n4nc(-c5ccccc5C)sc4n3)CC2)c1. The van der Waals surface area contributed by atoms with Crippen molar-refractivity contribution in [3.8, 4) is 10.6 Å². The summed E-state index contributed by atoms with van der Waals surface area (Å²) in [6, 6.07) is 15.5. The number of carbonyl (C=O) groups excluding carboxylic acids is 1. The third kappa shape index (κ3) is 5.11. The average molecular weight is 489 g/mol. The first-order chi connectivity index (χ1) is 16.9. The molecule has 2 aromatic carbocycles. The van der Waals surface area contributed by atoms with E-state index in [0.29, 0.717) is 24.6 Å². The van der Waals surface area contributed by atoms with Gasteiger partial charge in [-0.05, 0) is 49.6 Å². The van der Waals surface area contributed by atoms with Gasteiger partial charge in [0.2, 0.25) is 4.96 Å². The van der Waals surface area contributed by atoms with Crippen molar-refractivity contribution >= 4 is 28.0 Å². The smallest absolute Gasteiger partial charge is 0.321 e. The van der Waals surface area contributed by atoms with Crippen molar-refractivity contribution in [3.05, 3.63) is 81.3 Å². The van der Waals surface area contributed by atoms with E-state index in [2.05, 4.69) is 21.4 Å². The first-order valence-corrected chi connectivity index (χ1v) is 12.5. The summed E-state index contributed by atoms with van der Waals surface area (Å²) in [6.45, 7) is 9.33. The lowest BCUT2D eigenvalue weighted by atomic mass is 10.1. The Hall–Kier alpha value is -3.56. The van der Waals surface area contributed by atoms with E-state index < -0.39 is 0 Å². The normalized spacial score (nSPS) is 14.4. The molecule has 2 aromatic heterocycles. The van der Waals surface area contributed by atoms with Crippen LogP contribution >= 0.6 is 11.3 Å². The molecule has 8 nitrogen and oxygen atoms in total. The van der Waals surface area contributed by atoms with Gasteiger partial charge in [0.25, 0.3) is 5.56 Å². The van der Waals surface area contributed by atoms with Gasteiger partial charge in [-0.1, -0.05) is 41.7 Å². The third-order valence-corrected chi connectivity index (χ3v) is 7.13. The molecule has 0 saturated carbocycles. The van der Waals surface area contributed by atoms with Crippen LogP contribution in [0.4, 0.5) is 10.5 Å². The Balaban J connectivity index is 1.24. The van der Waals surface area contributed by atoms with Crippen LogP contribution in [0, 0.1) is 20.8 Å². The number of piperazine rings is 1. The number of carbonyl (C=O) groups is 1. The van der Waals surface area contributed by atoms with Crippen molar-refractivity contribution in [2.45, 2.75) is 27.3 Å². The molecule has 0 unspecified atom stereocenters. The Morgan fingerprint density at radius 2 is 1.71 bits per heavy atom. The number of benzene rings is 2. The molecule has 1 fully saturated rings. The second kappa shape index (κ2) is 9.59. The van der Waals surface area contributed by atoms with Crippen molar-refractivity contribution in [1.82, 2.24) is 24.4 Å². The molecule has 1 N–H and O–H groups in total. The first-order valence-electron chi connectivity index (χ1n) is 11.7. The molecule has 1 aliphatic heterocycles. The zero-order valence-corrected chi connectivity index (χ0v) is 20.9. The van der Waals surface area contributed by atoms with E-state index in [1.165, 1.54) is 15.9 Å². The summed E-state index contributed by atoms with van der Waals surface area (Å²) >= 11 is 1.42. The Morgan fingerprint density at radius 3 is 2.43 bits per heavy atom. The number of rotatable bonds is 4. The van der Waals surface area contributed by atoms with Gasteiger partial charge in [0.15, 0.2) is 0 Å². The van der Waals surface area contributed by atoms with Gasteiger partial charge in [0.05, 0.1) is 5.69 Å². The number of aromatic nitrogens is 3. The van der Waals surface area contributed by atoms with Crippen LogP contribution < -0.4 is 10.9 Å². The van der Waals surface area contributed by atoms with Crippen LogP contribution in [0.15, 0.2) is 53.3 Å². The maximum atomic E-state index is 12.7. The quantitative estimate of drug-likeness (QED) is 0.468. The molecule has 9 heteroatoms. The lowest BCUT2D eigenvalue weighted by molar-refractivity contribution is 0.142. The van der Waals surface area contributed by atoms with Crippen molar-refractivity contribution in [3.63, 3.8) is 0 Å². The number of amides is 2. The molecule has 0 atom stereocenters. The molecular formula is C26H28N6O2S. The van der Waals surface area contributed by atoms with E-state index >= 15 is 0 Å². The molecule has 1 aliphatic rings. The number of nitrogens with zero attached hydrogens (tertiary/aromatic N) is 5. The summed E-state index contributed by atoms with van der Waals surface area (Å²) in [6.07, 6.45) is 0. The molecule has 1 saturated heterocycles. The summed E-state index contributed by atoms with van der Waals surface area (Å²) in [4.78, 5) is 34.8. The van der Waals surface area contributed by atoms with Gasteiger partial charge < -0.3 is 10.2 Å². The first kappa shape index (κ1) is 23.2. The minimum atomic E-state index is -0.174. The lowest BCUT2D eigenvalue weighted by Gasteiger charge is -2.34. The predicted molar refractivity (Wildman–Crippen MR) is 139 cm³/mol. The number of urea groups is 1. The lowest BCUT2D eigenvalue weighted by Crippen LogP contribution is -2.49. The van der Waals surface area contributed by atoms with Crippen LogP contribution in [0.25, 0.3) is 15.5 Å². The number of hydrogen-bond donors (Lipinski definition) is 1. The van der Waals surface area contributed by atoms with Crippen molar-refractivity contribution in [2.24, 2.45) is 0 Å². The van der Waals surface area contributed by atoms with Crippen LogP contribution in [0.5, 0.6) is 0 Å². The topological polar surface area (TPSA) is 82.8 Å². The van der Waals surface area contributed by atoms with Crippen LogP contribution in [0.1, 0.15) is 22.4 Å². The van der Waals surface area contributed by atoms with Gasteiger partial charge in [-0.3, -0.25) is 9.69 Å². The fraction of sp³-hybridized carbons (Fsp3) is 0.308. The monoisotopic (exact) mass is 488 g/mol. The predicted octanol–water partition coefficient (Wildman–Crippen LogP) is 4.09. The Labute approximate surface area is 207 Å². The number of hydrogen-bond acceptors (Lipinski definition) is 6. The van der Waals surface area contributed by atoms with Gasteiger partial charge in [0.1, 0.15) is 5.01 Å². The fourth-order valence-corrected chi connectivity index (χ4v) is 5.46. The zero-order chi connectivity index (χ0) is 24.5. The van der Waals surface area contributed by atoms with Crippen molar-refractivity contribution < 1.29 is 4.79 Å². The van der Waals surface area contributed by atoms with Gasteiger partial charge in [0, 0.05) is 50.0 Å². The van der Waals surface area contributed by atoms with E-state index in [4.69, 9.17) is 4.98 Å². The van der Waals surface area contributed by atoms with Crippen LogP contribution in [-0.2, 0) is 6.54 Å². The molecule has 3 heterocycles. The molecule has 4 aromatic rings. The van der Waals surface area contributed by atoms with E-state index in [0.717, 1.165) is 51.7 Å². The second-order valence-electron chi connectivity index (χ2n) is 9.07. The van der Waals surface area contributed by atoms with Gasteiger partial charge in [-0.25, -0.2) is 9.78 Å². The molecule has 0 aliphatic carbocycles. The molecule has 35 heavy (non-hydrogen) atoms. The van der Waals surface area contributed by atoms with Crippen LogP contribution in [-0.4, -0.2) is 56.6 Å². The maximum absolute atomic E-state index is 12.7. The highest BCUT2D eigenvalue weighted by atomic mass is 32.1. The number of nitrogens with one attached hydrogen (secondary N) is 1.